The van der Waals surface area contributed by atoms with Gasteiger partial charge in [0.15, 0.2) is 0 Å². The molecule has 2 aromatic carbocycles. The molecule has 2 amide bonds. The Morgan fingerprint density at radius 3 is 2.69 bits per heavy atom. The second-order valence-electron chi connectivity index (χ2n) is 7.62. The number of aliphatic imine (C=N–C) groups is 1. The number of anilines is 1. The highest BCUT2D eigenvalue weighted by Gasteiger charge is 2.30. The van der Waals surface area contributed by atoms with E-state index in [-0.39, 0.29) is 24.8 Å². The quantitative estimate of drug-likeness (QED) is 0.584. The van der Waals surface area contributed by atoms with Crippen LogP contribution in [0.5, 0.6) is 5.75 Å². The molecule has 2 aliphatic heterocycles. The topological polar surface area (TPSA) is 112 Å². The zero-order valence-corrected chi connectivity index (χ0v) is 17.5. The number of unbranched alkanes of at least 4 members (excludes halogenated alkanes) is 1. The van der Waals surface area contributed by atoms with Gasteiger partial charge in [0.25, 0.3) is 0 Å². The number of nitrogens with zero attached hydrogens (tertiary/aromatic N) is 3. The van der Waals surface area contributed by atoms with Crippen LogP contribution in [0.1, 0.15) is 24.8 Å². The number of carboxylic acids is 1. The zero-order chi connectivity index (χ0) is 22.5. The van der Waals surface area contributed by atoms with Gasteiger partial charge in [0, 0.05) is 24.2 Å². The summed E-state index contributed by atoms with van der Waals surface area (Å²) < 4.78 is 5.91. The summed E-state index contributed by atoms with van der Waals surface area (Å²) in [5, 5.41) is 11.9. The molecule has 1 saturated heterocycles. The van der Waals surface area contributed by atoms with Gasteiger partial charge in [0.2, 0.25) is 17.8 Å². The van der Waals surface area contributed by atoms with Gasteiger partial charge < -0.3 is 19.6 Å². The standard InChI is InChI=1S/C23H24N4O5/c28-19-14-26-13-16-7-6-10-18(22(16)25-23(26)24-19)32-12-5-4-11-20(29)27(15-21(30)31)17-8-2-1-3-9-17/h1-3,6-10H,4-5,11-15H2,(H,30,31)(H,24,25,28). The number of nitrogens with one attached hydrogen (secondary N) is 1. The number of carbonyl (C=O) groups excluding carboxylic acids is 2. The minimum absolute atomic E-state index is 0.0730. The van der Waals surface area contributed by atoms with Crippen molar-refractivity contribution in [1.82, 2.24) is 10.2 Å². The van der Waals surface area contributed by atoms with Crippen molar-refractivity contribution in [2.24, 2.45) is 4.99 Å². The molecule has 0 saturated carbocycles. The fourth-order valence-corrected chi connectivity index (χ4v) is 3.73. The van der Waals surface area contributed by atoms with Crippen molar-refractivity contribution in [2.75, 3.05) is 24.6 Å². The molecule has 0 aromatic heterocycles. The maximum absolute atomic E-state index is 12.6. The van der Waals surface area contributed by atoms with Crippen molar-refractivity contribution < 1.29 is 24.2 Å². The summed E-state index contributed by atoms with van der Waals surface area (Å²) in [6, 6.07) is 14.5. The highest BCUT2D eigenvalue weighted by Crippen LogP contribution is 2.36. The maximum atomic E-state index is 12.6. The smallest absolute Gasteiger partial charge is 0.323 e. The van der Waals surface area contributed by atoms with E-state index in [1.165, 1.54) is 4.90 Å². The van der Waals surface area contributed by atoms with Crippen LogP contribution in [0.3, 0.4) is 0 Å². The van der Waals surface area contributed by atoms with Crippen LogP contribution >= 0.6 is 0 Å². The maximum Gasteiger partial charge on any atom is 0.323 e. The molecule has 9 nitrogen and oxygen atoms in total. The van der Waals surface area contributed by atoms with Gasteiger partial charge in [-0.15, -0.1) is 0 Å². The van der Waals surface area contributed by atoms with E-state index in [1.807, 2.05) is 29.2 Å². The van der Waals surface area contributed by atoms with E-state index in [0.29, 0.717) is 55.6 Å². The number of ether oxygens (including phenoxy) is 1. The van der Waals surface area contributed by atoms with Crippen molar-refractivity contribution >= 4 is 35.1 Å². The molecular weight excluding hydrogens is 412 g/mol. The summed E-state index contributed by atoms with van der Waals surface area (Å²) in [7, 11) is 0. The van der Waals surface area contributed by atoms with Crippen molar-refractivity contribution in [3.05, 3.63) is 54.1 Å². The van der Waals surface area contributed by atoms with E-state index in [9.17, 15) is 14.4 Å². The zero-order valence-electron chi connectivity index (χ0n) is 17.5. The lowest BCUT2D eigenvalue weighted by atomic mass is 10.1. The Hall–Kier alpha value is -3.88. The van der Waals surface area contributed by atoms with Gasteiger partial charge in [-0.3, -0.25) is 19.7 Å². The molecule has 0 aliphatic carbocycles. The fourth-order valence-electron chi connectivity index (χ4n) is 3.73. The summed E-state index contributed by atoms with van der Waals surface area (Å²) in [6.45, 7) is 0.926. The largest absolute Gasteiger partial charge is 0.491 e. The van der Waals surface area contributed by atoms with Crippen LogP contribution < -0.4 is 15.0 Å². The summed E-state index contributed by atoms with van der Waals surface area (Å²) in [5.74, 6) is -0.184. The first-order chi connectivity index (χ1) is 15.5. The average Bonchev–Trinajstić information content (AvgIpc) is 3.15. The first-order valence-corrected chi connectivity index (χ1v) is 10.5. The van der Waals surface area contributed by atoms with E-state index < -0.39 is 5.97 Å². The molecule has 2 aromatic rings. The van der Waals surface area contributed by atoms with E-state index in [0.717, 1.165) is 5.56 Å². The Morgan fingerprint density at radius 2 is 1.91 bits per heavy atom. The lowest BCUT2D eigenvalue weighted by Crippen LogP contribution is -2.35. The Morgan fingerprint density at radius 1 is 1.09 bits per heavy atom. The molecule has 0 radical (unpaired) electrons. The summed E-state index contributed by atoms with van der Waals surface area (Å²) >= 11 is 0. The predicted molar refractivity (Wildman–Crippen MR) is 118 cm³/mol. The average molecular weight is 436 g/mol. The van der Waals surface area contributed by atoms with Crippen LogP contribution in [0.2, 0.25) is 0 Å². The minimum Gasteiger partial charge on any atom is -0.491 e. The normalized spacial score (nSPS) is 14.2. The van der Waals surface area contributed by atoms with E-state index in [2.05, 4.69) is 10.3 Å². The highest BCUT2D eigenvalue weighted by molar-refractivity contribution is 6.06. The number of guanidine groups is 1. The van der Waals surface area contributed by atoms with Crippen molar-refractivity contribution in [3.63, 3.8) is 0 Å². The molecule has 1 fully saturated rings. The monoisotopic (exact) mass is 436 g/mol. The number of hydrogen-bond donors (Lipinski definition) is 2. The summed E-state index contributed by atoms with van der Waals surface area (Å²) in [5.41, 5.74) is 2.28. The highest BCUT2D eigenvalue weighted by atomic mass is 16.5. The van der Waals surface area contributed by atoms with Gasteiger partial charge in [-0.1, -0.05) is 30.3 Å². The van der Waals surface area contributed by atoms with Gasteiger partial charge >= 0.3 is 5.97 Å². The number of rotatable bonds is 9. The third kappa shape index (κ3) is 4.88. The third-order valence-electron chi connectivity index (χ3n) is 5.25. The van der Waals surface area contributed by atoms with Crippen LogP contribution in [0, 0.1) is 0 Å². The molecule has 0 unspecified atom stereocenters. The molecule has 0 bridgehead atoms. The second kappa shape index (κ2) is 9.51. The number of hydrogen-bond acceptors (Lipinski definition) is 6. The molecular formula is C23H24N4O5. The summed E-state index contributed by atoms with van der Waals surface area (Å²) in [4.78, 5) is 43.1. The molecule has 9 heteroatoms. The van der Waals surface area contributed by atoms with Gasteiger partial charge in [-0.25, -0.2) is 4.99 Å². The Labute approximate surface area is 185 Å². The van der Waals surface area contributed by atoms with Gasteiger partial charge in [-0.05, 0) is 31.0 Å². The molecule has 2 aliphatic rings. The third-order valence-corrected chi connectivity index (χ3v) is 5.25. The van der Waals surface area contributed by atoms with Gasteiger partial charge in [0.05, 0.1) is 6.61 Å². The number of amides is 2. The minimum atomic E-state index is -1.06. The van der Waals surface area contributed by atoms with Crippen LogP contribution in [-0.2, 0) is 20.9 Å². The van der Waals surface area contributed by atoms with Crippen molar-refractivity contribution in [2.45, 2.75) is 25.8 Å². The van der Waals surface area contributed by atoms with Crippen molar-refractivity contribution in [1.29, 1.82) is 0 Å². The number of benzene rings is 2. The molecule has 0 spiro atoms. The van der Waals surface area contributed by atoms with E-state index in [1.54, 1.807) is 24.3 Å². The first kappa shape index (κ1) is 21.4. The van der Waals surface area contributed by atoms with Crippen LogP contribution in [-0.4, -0.2) is 53.4 Å². The molecule has 4 rings (SSSR count). The van der Waals surface area contributed by atoms with Crippen molar-refractivity contribution in [3.8, 4) is 5.75 Å². The number of carbonyl (C=O) groups is 3. The number of aliphatic carboxylic acids is 1. The number of para-hydroxylation sites is 2. The molecule has 0 atom stereocenters. The van der Waals surface area contributed by atoms with E-state index in [4.69, 9.17) is 9.84 Å². The lowest BCUT2D eigenvalue weighted by molar-refractivity contribution is -0.136. The second-order valence-corrected chi connectivity index (χ2v) is 7.62. The van der Waals surface area contributed by atoms with Gasteiger partial charge in [-0.2, -0.15) is 0 Å². The number of fused-ring (bicyclic) bond motifs is 2. The Bertz CT molecular complexity index is 1050. The molecule has 2 N–H and O–H groups in total. The predicted octanol–water partition coefficient (Wildman–Crippen LogP) is 2.29. The number of carboxylic acid groups (broad SMARTS) is 1. The van der Waals surface area contributed by atoms with Crippen LogP contribution in [0.25, 0.3) is 0 Å². The van der Waals surface area contributed by atoms with Gasteiger partial charge in [0.1, 0.15) is 24.5 Å². The van der Waals surface area contributed by atoms with Crippen LogP contribution in [0.4, 0.5) is 11.4 Å². The van der Waals surface area contributed by atoms with Crippen LogP contribution in [0.15, 0.2) is 53.5 Å². The lowest BCUT2D eigenvalue weighted by Gasteiger charge is -2.24. The SMILES string of the molecule is O=C(O)CN(C(=O)CCCCOc1cccc2c1N=C1NC(=O)CN1C2)c1ccccc1. The molecule has 166 valence electrons. The first-order valence-electron chi connectivity index (χ1n) is 10.5. The van der Waals surface area contributed by atoms with E-state index >= 15 is 0 Å². The Balaban J connectivity index is 1.30. The molecule has 2 heterocycles. The summed E-state index contributed by atoms with van der Waals surface area (Å²) in [6.07, 6.45) is 1.42. The Kier molecular flexibility index (Phi) is 6.34. The molecule has 32 heavy (non-hydrogen) atoms. The fraction of sp³-hybridized carbons (Fsp3) is 0.304.